The number of rotatable bonds is 10. The van der Waals surface area contributed by atoms with Gasteiger partial charge in [0.15, 0.2) is 15.5 Å². The van der Waals surface area contributed by atoms with Crippen LogP contribution in [0.2, 0.25) is 0 Å². The standard InChI is InChI=1S/C30H29F3N2O5S3/c1-19-12-20(2)29(21(3)13-19)43(39,40)35(16-28-34-27(17-41-28)30(31,32)33)15-23-8-10-24(11-9-23)25-6-5-7-26(14-25)42(37,38)18-22(4)36/h5-14,17H,15-16,18H2,1-4H3. The molecule has 0 aliphatic carbocycles. The van der Waals surface area contributed by atoms with E-state index in [1.807, 2.05) is 6.92 Å². The summed E-state index contributed by atoms with van der Waals surface area (Å²) < 4.78 is 93.8. The van der Waals surface area contributed by atoms with E-state index in [1.54, 1.807) is 62.4 Å². The molecule has 4 aromatic rings. The van der Waals surface area contributed by atoms with Gasteiger partial charge in [-0.3, -0.25) is 4.79 Å². The van der Waals surface area contributed by atoms with Gasteiger partial charge < -0.3 is 0 Å². The highest BCUT2D eigenvalue weighted by molar-refractivity contribution is 7.92. The summed E-state index contributed by atoms with van der Waals surface area (Å²) in [6.45, 7) is 5.88. The molecule has 4 rings (SSSR count). The number of nitrogens with zero attached hydrogens (tertiary/aromatic N) is 2. The first-order valence-electron chi connectivity index (χ1n) is 13.0. The second-order valence-electron chi connectivity index (χ2n) is 10.3. The van der Waals surface area contributed by atoms with Crippen molar-refractivity contribution in [1.82, 2.24) is 9.29 Å². The summed E-state index contributed by atoms with van der Waals surface area (Å²) in [5, 5.41) is 0.862. The molecule has 0 bridgehead atoms. The van der Waals surface area contributed by atoms with Crippen molar-refractivity contribution >= 4 is 37.0 Å². The van der Waals surface area contributed by atoms with Crippen LogP contribution in [0, 0.1) is 20.8 Å². The van der Waals surface area contributed by atoms with Gasteiger partial charge in [-0.15, -0.1) is 11.3 Å². The minimum absolute atomic E-state index is 0.00137. The third-order valence-electron chi connectivity index (χ3n) is 6.59. The van der Waals surface area contributed by atoms with E-state index in [0.717, 1.165) is 26.6 Å². The number of hydrogen-bond acceptors (Lipinski definition) is 7. The van der Waals surface area contributed by atoms with Crippen molar-refractivity contribution in [3.63, 3.8) is 0 Å². The molecule has 3 aromatic carbocycles. The van der Waals surface area contributed by atoms with E-state index in [9.17, 15) is 34.8 Å². The van der Waals surface area contributed by atoms with E-state index in [-0.39, 0.29) is 27.9 Å². The number of carbonyl (C=O) groups is 1. The molecule has 0 spiro atoms. The van der Waals surface area contributed by atoms with Crippen LogP contribution in [0.25, 0.3) is 11.1 Å². The lowest BCUT2D eigenvalue weighted by Crippen LogP contribution is -2.31. The van der Waals surface area contributed by atoms with E-state index in [0.29, 0.717) is 27.8 Å². The number of sulfone groups is 1. The Kier molecular flexibility index (Phi) is 9.31. The maximum absolute atomic E-state index is 14.0. The lowest BCUT2D eigenvalue weighted by Gasteiger charge is -2.24. The molecule has 0 aliphatic rings. The van der Waals surface area contributed by atoms with Crippen molar-refractivity contribution in [3.05, 3.63) is 99.0 Å². The maximum Gasteiger partial charge on any atom is 0.434 e. The van der Waals surface area contributed by atoms with Gasteiger partial charge in [0, 0.05) is 11.9 Å². The number of sulfonamides is 1. The van der Waals surface area contributed by atoms with Gasteiger partial charge in [-0.05, 0) is 67.6 Å². The third-order valence-corrected chi connectivity index (χ3v) is 11.3. The first-order valence-corrected chi connectivity index (χ1v) is 17.0. The molecule has 0 radical (unpaired) electrons. The van der Waals surface area contributed by atoms with Crippen molar-refractivity contribution in [2.45, 2.75) is 56.8 Å². The van der Waals surface area contributed by atoms with Crippen LogP contribution in [-0.4, -0.2) is 37.7 Å². The largest absolute Gasteiger partial charge is 0.434 e. The average Bonchev–Trinajstić information content (AvgIpc) is 3.37. The zero-order valence-electron chi connectivity index (χ0n) is 23.8. The second-order valence-corrected chi connectivity index (χ2v) is 15.1. The highest BCUT2D eigenvalue weighted by Gasteiger charge is 2.35. The first-order chi connectivity index (χ1) is 20.0. The van der Waals surface area contributed by atoms with Gasteiger partial charge in [0.2, 0.25) is 10.0 Å². The summed E-state index contributed by atoms with van der Waals surface area (Å²) in [6.07, 6.45) is -4.65. The van der Waals surface area contributed by atoms with Crippen LogP contribution in [0.3, 0.4) is 0 Å². The van der Waals surface area contributed by atoms with Gasteiger partial charge in [0.25, 0.3) is 0 Å². The number of aryl methyl sites for hydroxylation is 3. The summed E-state index contributed by atoms with van der Waals surface area (Å²) in [5.41, 5.74) is 2.63. The molecular weight excluding hydrogens is 622 g/mol. The third kappa shape index (κ3) is 7.58. The van der Waals surface area contributed by atoms with Crippen LogP contribution in [0.15, 0.2) is 75.8 Å². The summed E-state index contributed by atoms with van der Waals surface area (Å²) >= 11 is 0.737. The molecule has 0 aliphatic heterocycles. The molecule has 0 amide bonds. The van der Waals surface area contributed by atoms with E-state index in [2.05, 4.69) is 4.98 Å². The van der Waals surface area contributed by atoms with Crippen LogP contribution in [0.4, 0.5) is 13.2 Å². The maximum atomic E-state index is 14.0. The predicted octanol–water partition coefficient (Wildman–Crippen LogP) is 6.51. The minimum atomic E-state index is -4.65. The zero-order valence-corrected chi connectivity index (χ0v) is 26.2. The summed E-state index contributed by atoms with van der Waals surface area (Å²) in [6, 6.07) is 16.4. The summed E-state index contributed by atoms with van der Waals surface area (Å²) in [7, 11) is -7.97. The second kappa shape index (κ2) is 12.3. The van der Waals surface area contributed by atoms with Crippen molar-refractivity contribution in [2.75, 3.05) is 5.75 Å². The van der Waals surface area contributed by atoms with E-state index in [1.165, 1.54) is 19.1 Å². The number of Topliss-reactive ketones (excluding diaryl/α,β-unsaturated/α-hetero) is 1. The topological polar surface area (TPSA) is 101 Å². The van der Waals surface area contributed by atoms with E-state index in [4.69, 9.17) is 0 Å². The first kappa shape index (κ1) is 32.5. The monoisotopic (exact) mass is 650 g/mol. The molecule has 0 saturated carbocycles. The van der Waals surface area contributed by atoms with Gasteiger partial charge >= 0.3 is 6.18 Å². The molecule has 7 nitrogen and oxygen atoms in total. The lowest BCUT2D eigenvalue weighted by atomic mass is 10.0. The number of carbonyl (C=O) groups excluding carboxylic acids is 1. The smallest absolute Gasteiger partial charge is 0.299 e. The molecule has 43 heavy (non-hydrogen) atoms. The van der Waals surface area contributed by atoms with E-state index < -0.39 is 43.3 Å². The van der Waals surface area contributed by atoms with Crippen molar-refractivity contribution in [2.24, 2.45) is 0 Å². The predicted molar refractivity (Wildman–Crippen MR) is 159 cm³/mol. The van der Waals surface area contributed by atoms with Crippen molar-refractivity contribution < 1.29 is 34.8 Å². The van der Waals surface area contributed by atoms with Gasteiger partial charge in [-0.2, -0.15) is 17.5 Å². The molecular formula is C30H29F3N2O5S3. The fraction of sp³-hybridized carbons (Fsp3) is 0.267. The molecule has 1 heterocycles. The fourth-order valence-corrected chi connectivity index (χ4v) is 8.81. The number of aromatic nitrogens is 1. The number of hydrogen-bond donors (Lipinski definition) is 0. The molecule has 1 aromatic heterocycles. The average molecular weight is 651 g/mol. The number of halogens is 3. The van der Waals surface area contributed by atoms with Crippen molar-refractivity contribution in [1.29, 1.82) is 0 Å². The molecule has 0 saturated heterocycles. The quantitative estimate of drug-likeness (QED) is 0.194. The molecule has 0 atom stereocenters. The van der Waals surface area contributed by atoms with Crippen LogP contribution >= 0.6 is 11.3 Å². The molecule has 13 heteroatoms. The number of ketones is 1. The molecule has 0 N–H and O–H groups in total. The van der Waals surface area contributed by atoms with Gasteiger partial charge in [0.05, 0.1) is 16.3 Å². The van der Waals surface area contributed by atoms with Crippen LogP contribution in [0.1, 0.15) is 39.9 Å². The Labute approximate surface area is 253 Å². The Morgan fingerprint density at radius 1 is 0.884 bits per heavy atom. The number of benzene rings is 3. The van der Waals surface area contributed by atoms with Gasteiger partial charge in [-0.1, -0.05) is 54.1 Å². The molecule has 228 valence electrons. The summed E-state index contributed by atoms with van der Waals surface area (Å²) in [5.74, 6) is -1.08. The normalized spacial score (nSPS) is 12.6. The van der Waals surface area contributed by atoms with Crippen LogP contribution < -0.4 is 0 Å². The number of alkyl halides is 3. The zero-order chi connectivity index (χ0) is 31.7. The Balaban J connectivity index is 1.69. The SMILES string of the molecule is CC(=O)CS(=O)(=O)c1cccc(-c2ccc(CN(Cc3nc(C(F)(F)F)cs3)S(=O)(=O)c3c(C)cc(C)cc3C)cc2)c1. The Bertz CT molecular complexity index is 1860. The van der Waals surface area contributed by atoms with Gasteiger partial charge in [0.1, 0.15) is 16.5 Å². The highest BCUT2D eigenvalue weighted by Crippen LogP contribution is 2.33. The summed E-state index contributed by atoms with van der Waals surface area (Å²) in [4.78, 5) is 15.1. The molecule has 0 fully saturated rings. The van der Waals surface area contributed by atoms with Gasteiger partial charge in [-0.25, -0.2) is 21.8 Å². The Morgan fingerprint density at radius 2 is 1.51 bits per heavy atom. The van der Waals surface area contributed by atoms with E-state index >= 15 is 0 Å². The minimum Gasteiger partial charge on any atom is -0.299 e. The van der Waals surface area contributed by atoms with Crippen molar-refractivity contribution in [3.8, 4) is 11.1 Å². The molecule has 0 unspecified atom stereocenters. The fourth-order valence-electron chi connectivity index (χ4n) is 4.82. The number of thiazole rings is 1. The Morgan fingerprint density at radius 3 is 2.07 bits per heavy atom. The van der Waals surface area contributed by atoms with Crippen LogP contribution in [0.5, 0.6) is 0 Å². The Hall–Kier alpha value is -3.39. The highest BCUT2D eigenvalue weighted by atomic mass is 32.2. The van der Waals surface area contributed by atoms with Crippen LogP contribution in [-0.2, 0) is 43.9 Å². The lowest BCUT2D eigenvalue weighted by molar-refractivity contribution is -0.140.